The molecule has 2 saturated heterocycles. The van der Waals surface area contributed by atoms with Gasteiger partial charge in [0.05, 0.1) is 50.3 Å². The van der Waals surface area contributed by atoms with Gasteiger partial charge < -0.3 is 54.8 Å². The van der Waals surface area contributed by atoms with Crippen LogP contribution in [0, 0.1) is 30.6 Å². The molecule has 0 spiro atoms. The van der Waals surface area contributed by atoms with E-state index in [9.17, 15) is 43.5 Å². The second-order valence-corrected chi connectivity index (χ2v) is 23.5. The number of epoxide rings is 1. The van der Waals surface area contributed by atoms with E-state index >= 15 is 0 Å². The van der Waals surface area contributed by atoms with Crippen LogP contribution in [0.2, 0.25) is 5.02 Å². The minimum atomic E-state index is -1.64. The summed E-state index contributed by atoms with van der Waals surface area (Å²) >= 11 is 6.85. The van der Waals surface area contributed by atoms with E-state index in [0.717, 1.165) is 30.4 Å². The number of Topliss-reactive ketones (excluding diaryl/α,β-unsaturated/α-hetero) is 2. The van der Waals surface area contributed by atoms with Crippen molar-refractivity contribution < 1.29 is 71.9 Å². The normalized spacial score (nSPS) is 25.6. The topological polar surface area (TPSA) is 281 Å². The van der Waals surface area contributed by atoms with Gasteiger partial charge in [-0.2, -0.15) is 0 Å². The predicted molar refractivity (Wildman–Crippen MR) is 307 cm³/mol. The lowest BCUT2D eigenvalue weighted by molar-refractivity contribution is -0.187. The Morgan fingerprint density at radius 1 is 1.01 bits per heavy atom. The lowest BCUT2D eigenvalue weighted by atomic mass is 9.78. The average molecular weight is 1160 g/mol. The number of rotatable bonds is 23. The third-order valence-corrected chi connectivity index (χ3v) is 16.8. The average Bonchev–Trinajstić information content (AvgIpc) is 1.95. The molecule has 9 atom stereocenters. The molecule has 2 aromatic rings. The second-order valence-electron chi connectivity index (χ2n) is 23.1. The van der Waals surface area contributed by atoms with Gasteiger partial charge in [0.25, 0.3) is 0 Å². The number of benzene rings is 2. The predicted octanol–water partition coefficient (Wildman–Crippen LogP) is 8.11. The molecule has 0 aromatic heterocycles. The van der Waals surface area contributed by atoms with Gasteiger partial charge in [-0.1, -0.05) is 74.7 Å². The standard InChI is InChI=1S/C61H84ClN5O15/c1-35(2)43(31-42(68)19-11-10-12-25-79-57(73)41-17-14-18-41)56(72)65-45(20-15-24-64-58(63)74)47(69)29-39-22-23-44(37(4)27-39)66-59(75)81-51-32-52(70)67(7)46-28-40(30-48(77-8)54(46)62)26-36(3)16-13-21-50(78-9)61(76)33-49(80-53(71)34-61)38(5)55-60(51,6)82-55/h13,16,21-23,27-28,30,35,38,41,43,45,49-51,55,76H,10-12,14-15,17-20,24-26,29,31-34H2,1-9H3,(H,65,72)(H,66,75)(H3,63,64,74)/b21-13+,36-16+/t38-,43+,45+,49+,50-,51+,55+,60+,61-/m1/s1. The number of carbonyl (C=O) groups is 8. The molecular weight excluding hydrogens is 1080 g/mol. The van der Waals surface area contributed by atoms with E-state index in [1.165, 1.54) is 19.1 Å². The van der Waals surface area contributed by atoms with Gasteiger partial charge in [0.2, 0.25) is 11.8 Å². The molecule has 3 heterocycles. The zero-order chi connectivity index (χ0) is 60.1. The highest BCUT2D eigenvalue weighted by Gasteiger charge is 2.64. The first-order chi connectivity index (χ1) is 38.9. The number of unbranched alkanes of at least 4 members (excludes halogenated alkanes) is 2. The van der Waals surface area contributed by atoms with Crippen LogP contribution < -0.4 is 31.3 Å². The Morgan fingerprint density at radius 2 is 1.76 bits per heavy atom. The van der Waals surface area contributed by atoms with E-state index in [1.807, 2.05) is 26.8 Å². The molecule has 6 N–H and O–H groups in total. The molecule has 82 heavy (non-hydrogen) atoms. The summed E-state index contributed by atoms with van der Waals surface area (Å²) in [6.07, 6.45) is 5.87. The molecule has 1 saturated carbocycles. The van der Waals surface area contributed by atoms with Crippen molar-refractivity contribution in [3.05, 3.63) is 75.8 Å². The number of aryl methyl sites for hydroxylation is 1. The van der Waals surface area contributed by atoms with E-state index in [4.69, 9.17) is 45.8 Å². The monoisotopic (exact) mass is 1160 g/mol. The van der Waals surface area contributed by atoms with Crippen molar-refractivity contribution in [1.82, 2.24) is 10.6 Å². The number of ketones is 2. The molecule has 1 aliphatic carbocycles. The number of hydrogen-bond acceptors (Lipinski definition) is 15. The lowest BCUT2D eigenvalue weighted by Crippen LogP contribution is -2.53. The molecule has 3 aliphatic heterocycles. The van der Waals surface area contributed by atoms with Crippen LogP contribution in [0.1, 0.15) is 135 Å². The van der Waals surface area contributed by atoms with E-state index in [0.29, 0.717) is 67.0 Å². The number of halogens is 1. The fourth-order valence-electron chi connectivity index (χ4n) is 11.1. The Bertz CT molecular complexity index is 2730. The molecule has 4 aliphatic rings. The second kappa shape index (κ2) is 29.3. The number of nitrogens with zero attached hydrogens (tertiary/aromatic N) is 1. The molecule has 20 nitrogen and oxygen atoms in total. The van der Waals surface area contributed by atoms with Crippen LogP contribution >= 0.6 is 11.6 Å². The fourth-order valence-corrected chi connectivity index (χ4v) is 11.4. The first kappa shape index (κ1) is 64.8. The highest BCUT2D eigenvalue weighted by molar-refractivity contribution is 6.35. The highest BCUT2D eigenvalue weighted by Crippen LogP contribution is 2.50. The van der Waals surface area contributed by atoms with Crippen molar-refractivity contribution in [2.75, 3.05) is 44.6 Å². The van der Waals surface area contributed by atoms with Crippen molar-refractivity contribution in [3.63, 3.8) is 0 Å². The number of nitrogens with two attached hydrogens (primary N) is 1. The summed E-state index contributed by atoms with van der Waals surface area (Å²) in [6, 6.07) is 6.84. The van der Waals surface area contributed by atoms with Crippen LogP contribution in [-0.2, 0) is 65.3 Å². The molecule has 2 aromatic carbocycles. The third-order valence-electron chi connectivity index (χ3n) is 16.4. The van der Waals surface area contributed by atoms with Gasteiger partial charge in [-0.3, -0.25) is 34.1 Å². The number of urea groups is 1. The summed E-state index contributed by atoms with van der Waals surface area (Å²) < 4.78 is 35.1. The zero-order valence-corrected chi connectivity index (χ0v) is 49.7. The Kier molecular flexibility index (Phi) is 23.1. The van der Waals surface area contributed by atoms with Crippen LogP contribution in [0.25, 0.3) is 0 Å². The van der Waals surface area contributed by atoms with E-state index in [1.54, 1.807) is 70.3 Å². The van der Waals surface area contributed by atoms with Crippen molar-refractivity contribution in [1.29, 1.82) is 0 Å². The van der Waals surface area contributed by atoms with E-state index < -0.39 is 83.4 Å². The molecular formula is C61H84ClN5O15. The molecule has 5 amide bonds. The SMILES string of the molecule is COc1cc2cc(c1Cl)N(C)C(=O)C[C@H](OC(=O)Nc1ccc(CC(=O)[C@H](CCCNC(N)=O)NC(=O)[C@@H](CC(=O)CCCCCOC(=O)C3CCC3)C(C)C)cc1C)[C@]1(C)O[C@H]1[C@H](C)[C@@H]1C[C@@](O)(CC(=O)O1)[C@H](OC)/C=C/C=C(\C)C2. The zero-order valence-electron chi connectivity index (χ0n) is 48.9. The van der Waals surface area contributed by atoms with Crippen molar-refractivity contribution >= 4 is 70.4 Å². The molecule has 0 radical (unpaired) electrons. The molecule has 450 valence electrons. The third kappa shape index (κ3) is 17.4. The number of allylic oxidation sites excluding steroid dienone is 3. The van der Waals surface area contributed by atoms with Gasteiger partial charge in [-0.15, -0.1) is 0 Å². The number of fused-ring (bicyclic) bond motifs is 5. The molecule has 0 unspecified atom stereocenters. The van der Waals surface area contributed by atoms with Gasteiger partial charge in [0, 0.05) is 63.9 Å². The first-order valence-corrected chi connectivity index (χ1v) is 28.9. The van der Waals surface area contributed by atoms with Crippen LogP contribution in [0.4, 0.5) is 21.0 Å². The van der Waals surface area contributed by atoms with Crippen LogP contribution in [0.15, 0.2) is 54.1 Å². The maximum atomic E-state index is 14.5. The van der Waals surface area contributed by atoms with Crippen molar-refractivity contribution in [3.8, 4) is 5.75 Å². The van der Waals surface area contributed by atoms with Crippen LogP contribution in [0.3, 0.4) is 0 Å². The molecule has 6 rings (SSSR count). The van der Waals surface area contributed by atoms with Gasteiger partial charge >= 0.3 is 24.1 Å². The van der Waals surface area contributed by atoms with Gasteiger partial charge in [0.1, 0.15) is 46.1 Å². The number of esters is 2. The quantitative estimate of drug-likeness (QED) is 0.0304. The van der Waals surface area contributed by atoms with E-state index in [2.05, 4.69) is 16.0 Å². The summed E-state index contributed by atoms with van der Waals surface area (Å²) in [7, 11) is 4.49. The smallest absolute Gasteiger partial charge is 0.412 e. The largest absolute Gasteiger partial charge is 0.495 e. The summed E-state index contributed by atoms with van der Waals surface area (Å²) in [5, 5.41) is 20.4. The summed E-state index contributed by atoms with van der Waals surface area (Å²) in [5.74, 6) is -3.22. The number of amides is 5. The maximum absolute atomic E-state index is 14.5. The Morgan fingerprint density at radius 3 is 2.41 bits per heavy atom. The minimum Gasteiger partial charge on any atom is -0.495 e. The number of ether oxygens (including phenoxy) is 6. The first-order valence-electron chi connectivity index (χ1n) is 28.6. The molecule has 3 fully saturated rings. The Hall–Kier alpha value is -6.35. The number of primary amides is 1. The van der Waals surface area contributed by atoms with Gasteiger partial charge in [0.15, 0.2) is 5.78 Å². The number of anilines is 2. The molecule has 21 heteroatoms. The maximum Gasteiger partial charge on any atom is 0.412 e. The van der Waals surface area contributed by atoms with Crippen LogP contribution in [-0.4, -0.2) is 129 Å². The summed E-state index contributed by atoms with van der Waals surface area (Å²) in [6.45, 7) is 11.3. The van der Waals surface area contributed by atoms with Crippen molar-refractivity contribution in [2.45, 2.75) is 180 Å². The number of nitrogens with one attached hydrogen (secondary N) is 3. The highest BCUT2D eigenvalue weighted by atomic mass is 35.5. The molecule has 4 bridgehead atoms. The van der Waals surface area contributed by atoms with Crippen molar-refractivity contribution in [2.24, 2.45) is 29.4 Å². The number of methoxy groups -OCH3 is 2. The summed E-state index contributed by atoms with van der Waals surface area (Å²) in [5.41, 5.74) is 5.87. The van der Waals surface area contributed by atoms with Gasteiger partial charge in [-0.25, -0.2) is 9.59 Å². The number of aliphatic hydroxyl groups is 1. The number of carbonyl (C=O) groups excluding carboxylic acids is 8. The fraction of sp³-hybridized carbons (Fsp3) is 0.607. The Balaban J connectivity index is 1.15. The van der Waals surface area contributed by atoms with Gasteiger partial charge in [-0.05, 0) is 113 Å². The number of hydrogen-bond donors (Lipinski definition) is 5. The summed E-state index contributed by atoms with van der Waals surface area (Å²) in [4.78, 5) is 108. The minimum absolute atomic E-state index is 0.00596. The Labute approximate surface area is 486 Å². The lowest BCUT2D eigenvalue weighted by Gasteiger charge is -2.41. The van der Waals surface area contributed by atoms with E-state index in [-0.39, 0.29) is 85.9 Å². The van der Waals surface area contributed by atoms with Crippen LogP contribution in [0.5, 0.6) is 5.75 Å².